The summed E-state index contributed by atoms with van der Waals surface area (Å²) in [5.74, 6) is 0.457. The van der Waals surface area contributed by atoms with Gasteiger partial charge in [-0.25, -0.2) is 0 Å². The first kappa shape index (κ1) is 16.9. The normalized spacial score (nSPS) is 13.6. The third-order valence-corrected chi connectivity index (χ3v) is 3.57. The predicted molar refractivity (Wildman–Crippen MR) is 85.6 cm³/mol. The maximum Gasteiger partial charge on any atom is 0.185 e. The topological polar surface area (TPSA) is 95.6 Å². The molecule has 0 aliphatic carbocycles. The molecule has 0 heterocycles. The second kappa shape index (κ2) is 8.21. The van der Waals surface area contributed by atoms with Crippen LogP contribution in [0.5, 0.6) is 0 Å². The molecular formula is C13H18N2O3S2. The number of carbonyl (C=O) groups excluding carboxylic acids is 1. The maximum atomic E-state index is 10.8. The Morgan fingerprint density at radius 3 is 2.70 bits per heavy atom. The van der Waals surface area contributed by atoms with E-state index in [1.165, 1.54) is 6.92 Å². The molecule has 0 aromatic heterocycles. The minimum Gasteiger partial charge on any atom is -0.390 e. The number of benzene rings is 1. The molecule has 0 aliphatic rings. The Balaban J connectivity index is 2.72. The largest absolute Gasteiger partial charge is 0.390 e. The van der Waals surface area contributed by atoms with Gasteiger partial charge in [0.05, 0.1) is 6.10 Å². The molecule has 1 rings (SSSR count). The van der Waals surface area contributed by atoms with Gasteiger partial charge in [0.15, 0.2) is 10.2 Å². The lowest BCUT2D eigenvalue weighted by Gasteiger charge is -2.21. The van der Waals surface area contributed by atoms with Crippen LogP contribution in [0.1, 0.15) is 25.0 Å². The van der Waals surface area contributed by atoms with Crippen LogP contribution >= 0.6 is 24.0 Å². The molecule has 0 radical (unpaired) electrons. The van der Waals surface area contributed by atoms with E-state index in [0.29, 0.717) is 23.4 Å². The van der Waals surface area contributed by atoms with Gasteiger partial charge in [-0.05, 0) is 24.7 Å². The van der Waals surface area contributed by atoms with Crippen LogP contribution in [0.15, 0.2) is 24.3 Å². The molecule has 2 unspecified atom stereocenters. The van der Waals surface area contributed by atoms with Gasteiger partial charge < -0.3 is 21.3 Å². The number of nitrogens with two attached hydrogens (primary N) is 1. The summed E-state index contributed by atoms with van der Waals surface area (Å²) < 4.78 is 0. The number of rotatable bonds is 6. The summed E-state index contributed by atoms with van der Waals surface area (Å²) in [5, 5.41) is 23.0. The quantitative estimate of drug-likeness (QED) is 0.590. The van der Waals surface area contributed by atoms with E-state index in [-0.39, 0.29) is 10.2 Å². The Labute approximate surface area is 127 Å². The molecule has 0 bridgehead atoms. The lowest BCUT2D eigenvalue weighted by Crippen LogP contribution is -2.23. The first-order valence-electron chi connectivity index (χ1n) is 6.06. The summed E-state index contributed by atoms with van der Waals surface area (Å²) in [6.07, 6.45) is -1.72. The van der Waals surface area contributed by atoms with Crippen molar-refractivity contribution in [3.05, 3.63) is 29.8 Å². The highest BCUT2D eigenvalue weighted by atomic mass is 32.2. The fourth-order valence-electron chi connectivity index (χ4n) is 1.69. The first-order chi connectivity index (χ1) is 9.41. The van der Waals surface area contributed by atoms with Crippen molar-refractivity contribution in [1.82, 2.24) is 0 Å². The van der Waals surface area contributed by atoms with E-state index in [0.717, 1.165) is 11.8 Å². The van der Waals surface area contributed by atoms with Gasteiger partial charge in [-0.1, -0.05) is 30.0 Å². The number of hydrogen-bond donors (Lipinski definition) is 4. The van der Waals surface area contributed by atoms with Crippen molar-refractivity contribution in [3.63, 3.8) is 0 Å². The molecule has 0 fully saturated rings. The Hall–Kier alpha value is -1.15. The summed E-state index contributed by atoms with van der Waals surface area (Å²) in [4.78, 5) is 10.8. The fourth-order valence-corrected chi connectivity index (χ4v) is 2.45. The molecule has 0 saturated heterocycles. The molecule has 0 amide bonds. The van der Waals surface area contributed by atoms with Crippen molar-refractivity contribution in [1.29, 1.82) is 0 Å². The van der Waals surface area contributed by atoms with Crippen molar-refractivity contribution in [2.75, 3.05) is 11.1 Å². The summed E-state index contributed by atoms with van der Waals surface area (Å²) in [6.45, 7) is 1.47. The van der Waals surface area contributed by atoms with Gasteiger partial charge in [-0.15, -0.1) is 0 Å². The second-order valence-electron chi connectivity index (χ2n) is 4.22. The smallest absolute Gasteiger partial charge is 0.185 e. The zero-order chi connectivity index (χ0) is 15.1. The van der Waals surface area contributed by atoms with E-state index in [9.17, 15) is 15.0 Å². The molecule has 110 valence electrons. The molecule has 7 heteroatoms. The monoisotopic (exact) mass is 314 g/mol. The van der Waals surface area contributed by atoms with Crippen LogP contribution in [0.2, 0.25) is 0 Å². The van der Waals surface area contributed by atoms with Gasteiger partial charge in [0.25, 0.3) is 0 Å². The molecule has 1 aromatic rings. The summed E-state index contributed by atoms with van der Waals surface area (Å²) in [6, 6.07) is 6.93. The van der Waals surface area contributed by atoms with Crippen LogP contribution in [0.3, 0.4) is 0 Å². The third kappa shape index (κ3) is 5.46. The van der Waals surface area contributed by atoms with E-state index in [1.54, 1.807) is 24.3 Å². The van der Waals surface area contributed by atoms with E-state index in [2.05, 4.69) is 5.32 Å². The van der Waals surface area contributed by atoms with Crippen LogP contribution in [0, 0.1) is 0 Å². The van der Waals surface area contributed by atoms with Gasteiger partial charge in [0, 0.05) is 23.9 Å². The number of thiocarbonyl (C=S) groups is 1. The molecule has 2 atom stereocenters. The molecule has 0 aliphatic heterocycles. The molecule has 5 N–H and O–H groups in total. The van der Waals surface area contributed by atoms with Crippen LogP contribution in [0.4, 0.5) is 5.69 Å². The van der Waals surface area contributed by atoms with Gasteiger partial charge >= 0.3 is 0 Å². The highest BCUT2D eigenvalue weighted by molar-refractivity contribution is 8.13. The van der Waals surface area contributed by atoms with E-state index in [1.807, 2.05) is 0 Å². The van der Waals surface area contributed by atoms with Gasteiger partial charge in [0.1, 0.15) is 6.10 Å². The van der Waals surface area contributed by atoms with Gasteiger partial charge in [0.2, 0.25) is 0 Å². The maximum absolute atomic E-state index is 10.8. The molecule has 0 spiro atoms. The number of thioether (sulfide) groups is 1. The Morgan fingerprint density at radius 1 is 1.45 bits per heavy atom. The van der Waals surface area contributed by atoms with Gasteiger partial charge in [-0.3, -0.25) is 4.79 Å². The van der Waals surface area contributed by atoms with E-state index >= 15 is 0 Å². The van der Waals surface area contributed by atoms with Crippen molar-refractivity contribution in [2.24, 2.45) is 5.73 Å². The minimum absolute atomic E-state index is 0.0118. The molecule has 0 saturated carbocycles. The average Bonchev–Trinajstić information content (AvgIpc) is 2.37. The number of carbonyl (C=O) groups is 1. The highest BCUT2D eigenvalue weighted by Gasteiger charge is 2.21. The van der Waals surface area contributed by atoms with Crippen LogP contribution in [-0.4, -0.2) is 32.3 Å². The lowest BCUT2D eigenvalue weighted by atomic mass is 10.0. The predicted octanol–water partition coefficient (Wildman–Crippen LogP) is 1.41. The minimum atomic E-state index is -1.07. The van der Waals surface area contributed by atoms with Crippen molar-refractivity contribution < 1.29 is 15.0 Å². The number of nitrogens with one attached hydrogen (secondary N) is 1. The molecule has 20 heavy (non-hydrogen) atoms. The average molecular weight is 314 g/mol. The zero-order valence-corrected chi connectivity index (χ0v) is 12.7. The number of hydrogen-bond acceptors (Lipinski definition) is 5. The summed E-state index contributed by atoms with van der Waals surface area (Å²) >= 11 is 5.89. The number of aliphatic hydroxyl groups excluding tert-OH is 2. The Morgan fingerprint density at radius 2 is 2.10 bits per heavy atom. The third-order valence-electron chi connectivity index (χ3n) is 2.62. The van der Waals surface area contributed by atoms with E-state index < -0.39 is 12.2 Å². The Bertz CT molecular complexity index is 482. The standard InChI is InChI=1S/C13H18N2O3S2/c1-8(16)20-7-6-11(17)12(18)9-4-2-3-5-10(9)15-13(14)19/h2-5,11-12,17-18H,6-7H2,1H3,(H3,14,15,19). The van der Waals surface area contributed by atoms with Crippen LogP contribution in [-0.2, 0) is 4.79 Å². The molecular weight excluding hydrogens is 296 g/mol. The van der Waals surface area contributed by atoms with Crippen molar-refractivity contribution in [3.8, 4) is 0 Å². The molecule has 1 aromatic carbocycles. The zero-order valence-electron chi connectivity index (χ0n) is 11.1. The fraction of sp³-hybridized carbons (Fsp3) is 0.385. The number of para-hydroxylation sites is 1. The highest BCUT2D eigenvalue weighted by Crippen LogP contribution is 2.27. The summed E-state index contributed by atoms with van der Waals surface area (Å²) in [5.41, 5.74) is 6.49. The molecule has 5 nitrogen and oxygen atoms in total. The first-order valence-corrected chi connectivity index (χ1v) is 7.46. The van der Waals surface area contributed by atoms with Crippen molar-refractivity contribution in [2.45, 2.75) is 25.6 Å². The summed E-state index contributed by atoms with van der Waals surface area (Å²) in [7, 11) is 0. The number of anilines is 1. The van der Waals surface area contributed by atoms with Crippen molar-refractivity contribution >= 4 is 39.9 Å². The van der Waals surface area contributed by atoms with Gasteiger partial charge in [-0.2, -0.15) is 0 Å². The van der Waals surface area contributed by atoms with E-state index in [4.69, 9.17) is 18.0 Å². The SMILES string of the molecule is CC(=O)SCCC(O)C(O)c1ccccc1NC(N)=S. The second-order valence-corrected chi connectivity index (χ2v) is 5.93. The van der Waals surface area contributed by atoms with Crippen LogP contribution in [0.25, 0.3) is 0 Å². The Kier molecular flexibility index (Phi) is 6.94. The number of aliphatic hydroxyl groups is 2. The van der Waals surface area contributed by atoms with Crippen LogP contribution < -0.4 is 11.1 Å². The lowest BCUT2D eigenvalue weighted by molar-refractivity contribution is -0.109.